The summed E-state index contributed by atoms with van der Waals surface area (Å²) in [5.41, 5.74) is 1.04. The summed E-state index contributed by atoms with van der Waals surface area (Å²) in [5.74, 6) is 6.35. The molecule has 2 rings (SSSR count). The number of hydrogen-bond acceptors (Lipinski definition) is 3. The van der Waals surface area contributed by atoms with E-state index in [4.69, 9.17) is 20.8 Å². The smallest absolute Gasteiger partial charge is 0.336 e. The summed E-state index contributed by atoms with van der Waals surface area (Å²) in [4.78, 5) is 11.3. The van der Waals surface area contributed by atoms with Crippen LogP contribution in [-0.2, 0) is 0 Å². The van der Waals surface area contributed by atoms with Gasteiger partial charge in [-0.1, -0.05) is 11.8 Å². The van der Waals surface area contributed by atoms with Gasteiger partial charge in [0.05, 0.1) is 5.88 Å². The summed E-state index contributed by atoms with van der Waals surface area (Å²) in [5, 5.41) is 0.897. The second-order valence-electron chi connectivity index (χ2n) is 3.68. The van der Waals surface area contributed by atoms with E-state index in [1.165, 1.54) is 6.07 Å². The molecule has 92 valence electrons. The SMILES string of the molecule is Cc1cc(=O)oc2cc(OCC#CCCl)ccc12. The minimum atomic E-state index is -0.362. The predicted molar refractivity (Wildman–Crippen MR) is 71.2 cm³/mol. The zero-order valence-electron chi connectivity index (χ0n) is 9.83. The number of aryl methyl sites for hydroxylation is 1. The monoisotopic (exact) mass is 262 g/mol. The Bertz CT molecular complexity index is 677. The Morgan fingerprint density at radius 3 is 2.94 bits per heavy atom. The highest BCUT2D eigenvalue weighted by molar-refractivity contribution is 6.19. The van der Waals surface area contributed by atoms with Crippen molar-refractivity contribution < 1.29 is 9.15 Å². The first-order valence-electron chi connectivity index (χ1n) is 5.39. The molecule has 0 aliphatic rings. The van der Waals surface area contributed by atoms with E-state index in [1.807, 2.05) is 19.1 Å². The number of benzene rings is 1. The van der Waals surface area contributed by atoms with E-state index in [9.17, 15) is 4.79 Å². The Morgan fingerprint density at radius 1 is 1.33 bits per heavy atom. The fourth-order valence-electron chi connectivity index (χ4n) is 1.61. The summed E-state index contributed by atoms with van der Waals surface area (Å²) in [6, 6.07) is 6.83. The van der Waals surface area contributed by atoms with Gasteiger partial charge in [0.15, 0.2) is 0 Å². The van der Waals surface area contributed by atoms with Crippen LogP contribution in [0.5, 0.6) is 5.75 Å². The van der Waals surface area contributed by atoms with Gasteiger partial charge in [0.2, 0.25) is 0 Å². The molecular formula is C14H11ClO3. The van der Waals surface area contributed by atoms with Crippen molar-refractivity contribution in [2.45, 2.75) is 6.92 Å². The molecule has 0 amide bonds. The van der Waals surface area contributed by atoms with E-state index < -0.39 is 0 Å². The molecule has 0 fully saturated rings. The molecule has 0 spiro atoms. The van der Waals surface area contributed by atoms with Crippen LogP contribution in [0.3, 0.4) is 0 Å². The third-order valence-electron chi connectivity index (χ3n) is 2.43. The van der Waals surface area contributed by atoms with Gasteiger partial charge < -0.3 is 9.15 Å². The highest BCUT2D eigenvalue weighted by Gasteiger charge is 2.03. The number of alkyl halides is 1. The van der Waals surface area contributed by atoms with Crippen molar-refractivity contribution >= 4 is 22.6 Å². The minimum Gasteiger partial charge on any atom is -0.481 e. The molecule has 0 aliphatic carbocycles. The van der Waals surface area contributed by atoms with Crippen molar-refractivity contribution in [3.8, 4) is 17.6 Å². The number of ether oxygens (including phenoxy) is 1. The standard InChI is InChI=1S/C14H11ClO3/c1-10-8-14(16)18-13-9-11(4-5-12(10)13)17-7-3-2-6-15/h4-5,8-9H,6-7H2,1H3. The molecule has 0 unspecified atom stereocenters. The van der Waals surface area contributed by atoms with E-state index in [0.29, 0.717) is 11.3 Å². The maximum Gasteiger partial charge on any atom is 0.336 e. The second-order valence-corrected chi connectivity index (χ2v) is 3.95. The lowest BCUT2D eigenvalue weighted by atomic mass is 10.1. The van der Waals surface area contributed by atoms with Crippen LogP contribution in [0.25, 0.3) is 11.0 Å². The molecule has 18 heavy (non-hydrogen) atoms. The zero-order valence-corrected chi connectivity index (χ0v) is 10.6. The molecule has 1 aromatic heterocycles. The Balaban J connectivity index is 2.29. The Kier molecular flexibility index (Phi) is 3.91. The summed E-state index contributed by atoms with van der Waals surface area (Å²) in [6.45, 7) is 2.13. The predicted octanol–water partition coefficient (Wildman–Crippen LogP) is 2.72. The van der Waals surface area contributed by atoms with Gasteiger partial charge >= 0.3 is 5.63 Å². The summed E-state index contributed by atoms with van der Waals surface area (Å²) < 4.78 is 10.5. The van der Waals surface area contributed by atoms with Crippen LogP contribution in [0.4, 0.5) is 0 Å². The first-order valence-corrected chi connectivity index (χ1v) is 5.93. The Labute approximate surface area is 109 Å². The first-order chi connectivity index (χ1) is 8.70. The molecule has 0 radical (unpaired) electrons. The average molecular weight is 263 g/mol. The molecule has 0 bridgehead atoms. The molecule has 0 saturated heterocycles. The largest absolute Gasteiger partial charge is 0.481 e. The highest BCUT2D eigenvalue weighted by atomic mass is 35.5. The molecule has 1 heterocycles. The lowest BCUT2D eigenvalue weighted by Crippen LogP contribution is -1.99. The van der Waals surface area contributed by atoms with E-state index in [1.54, 1.807) is 6.07 Å². The van der Waals surface area contributed by atoms with Gasteiger partial charge in [-0.05, 0) is 24.6 Å². The lowest BCUT2D eigenvalue weighted by molar-refractivity contribution is 0.370. The summed E-state index contributed by atoms with van der Waals surface area (Å²) >= 11 is 5.42. The summed E-state index contributed by atoms with van der Waals surface area (Å²) in [7, 11) is 0. The van der Waals surface area contributed by atoms with Gasteiger partial charge in [0.25, 0.3) is 0 Å². The van der Waals surface area contributed by atoms with Crippen LogP contribution in [0.2, 0.25) is 0 Å². The molecule has 2 aromatic rings. The quantitative estimate of drug-likeness (QED) is 0.475. The van der Waals surface area contributed by atoms with Crippen LogP contribution >= 0.6 is 11.6 Å². The third-order valence-corrected chi connectivity index (χ3v) is 2.56. The molecule has 1 aromatic carbocycles. The van der Waals surface area contributed by atoms with Crippen molar-refractivity contribution in [3.05, 3.63) is 40.2 Å². The average Bonchev–Trinajstić information content (AvgIpc) is 2.34. The number of hydrogen-bond donors (Lipinski definition) is 0. The van der Waals surface area contributed by atoms with Gasteiger partial charge in [0.1, 0.15) is 17.9 Å². The van der Waals surface area contributed by atoms with Crippen LogP contribution in [0.15, 0.2) is 33.5 Å². The topological polar surface area (TPSA) is 39.4 Å². The maximum absolute atomic E-state index is 11.3. The fraction of sp³-hybridized carbons (Fsp3) is 0.214. The Morgan fingerprint density at radius 2 is 2.17 bits per heavy atom. The molecule has 4 heteroatoms. The van der Waals surface area contributed by atoms with Gasteiger partial charge in [-0.2, -0.15) is 0 Å². The highest BCUT2D eigenvalue weighted by Crippen LogP contribution is 2.21. The Hall–Kier alpha value is -1.92. The number of halogens is 1. The van der Waals surface area contributed by atoms with Gasteiger partial charge in [-0.15, -0.1) is 11.6 Å². The number of fused-ring (bicyclic) bond motifs is 1. The zero-order chi connectivity index (χ0) is 13.0. The van der Waals surface area contributed by atoms with Gasteiger partial charge in [0, 0.05) is 17.5 Å². The van der Waals surface area contributed by atoms with Gasteiger partial charge in [-0.3, -0.25) is 0 Å². The lowest BCUT2D eigenvalue weighted by Gasteiger charge is -2.04. The third kappa shape index (κ3) is 2.85. The molecule has 0 saturated carbocycles. The molecule has 0 N–H and O–H groups in total. The van der Waals surface area contributed by atoms with E-state index in [0.717, 1.165) is 10.9 Å². The van der Waals surface area contributed by atoms with Crippen molar-refractivity contribution in [2.75, 3.05) is 12.5 Å². The van der Waals surface area contributed by atoms with Gasteiger partial charge in [-0.25, -0.2) is 4.79 Å². The van der Waals surface area contributed by atoms with Crippen LogP contribution in [-0.4, -0.2) is 12.5 Å². The minimum absolute atomic E-state index is 0.258. The van der Waals surface area contributed by atoms with Crippen LogP contribution in [0, 0.1) is 18.8 Å². The first kappa shape index (κ1) is 12.5. The second kappa shape index (κ2) is 5.61. The molecular weight excluding hydrogens is 252 g/mol. The fourth-order valence-corrected chi connectivity index (χ4v) is 1.71. The van der Waals surface area contributed by atoms with Crippen molar-refractivity contribution in [1.82, 2.24) is 0 Å². The molecule has 3 nitrogen and oxygen atoms in total. The van der Waals surface area contributed by atoms with Crippen molar-refractivity contribution in [1.29, 1.82) is 0 Å². The maximum atomic E-state index is 11.3. The molecule has 0 aliphatic heterocycles. The molecule has 0 atom stereocenters. The van der Waals surface area contributed by atoms with Crippen LogP contribution < -0.4 is 10.4 Å². The normalized spacial score (nSPS) is 9.89. The van der Waals surface area contributed by atoms with E-state index in [-0.39, 0.29) is 18.1 Å². The number of rotatable bonds is 2. The van der Waals surface area contributed by atoms with Crippen molar-refractivity contribution in [3.63, 3.8) is 0 Å². The van der Waals surface area contributed by atoms with Crippen molar-refractivity contribution in [2.24, 2.45) is 0 Å². The van der Waals surface area contributed by atoms with E-state index >= 15 is 0 Å². The van der Waals surface area contributed by atoms with Crippen LogP contribution in [0.1, 0.15) is 5.56 Å². The van der Waals surface area contributed by atoms with E-state index in [2.05, 4.69) is 11.8 Å². The summed E-state index contributed by atoms with van der Waals surface area (Å²) in [6.07, 6.45) is 0.